The lowest BCUT2D eigenvalue weighted by molar-refractivity contribution is 0.102. The number of carbonyl (C=O) groups is 1. The smallest absolute Gasteiger partial charge is 0.211 e. The number of ketones is 1. The van der Waals surface area contributed by atoms with Crippen LogP contribution >= 0.6 is 0 Å². The number of aromatic nitrogens is 2. The van der Waals surface area contributed by atoms with E-state index in [1.165, 1.54) is 24.8 Å². The summed E-state index contributed by atoms with van der Waals surface area (Å²) in [7, 11) is 0. The van der Waals surface area contributed by atoms with Gasteiger partial charge in [0.15, 0.2) is 0 Å². The molecule has 1 aromatic carbocycles. The molecule has 2 aromatic rings. The zero-order chi connectivity index (χ0) is 14.1. The van der Waals surface area contributed by atoms with E-state index in [0.717, 1.165) is 17.8 Å². The summed E-state index contributed by atoms with van der Waals surface area (Å²) in [5.41, 5.74) is 3.69. The van der Waals surface area contributed by atoms with Crippen LogP contribution < -0.4 is 0 Å². The Balaban J connectivity index is 1.86. The second-order valence-corrected chi connectivity index (χ2v) is 5.57. The molecule has 1 heterocycles. The summed E-state index contributed by atoms with van der Waals surface area (Å²) in [4.78, 5) is 12.5. The van der Waals surface area contributed by atoms with Crippen molar-refractivity contribution < 1.29 is 4.79 Å². The van der Waals surface area contributed by atoms with Crippen LogP contribution in [-0.4, -0.2) is 15.6 Å². The number of nitrogens with zero attached hydrogens (tertiary/aromatic N) is 2. The van der Waals surface area contributed by atoms with Gasteiger partial charge in [0, 0.05) is 12.1 Å². The van der Waals surface area contributed by atoms with Gasteiger partial charge in [0.1, 0.15) is 5.69 Å². The van der Waals surface area contributed by atoms with Crippen molar-refractivity contribution in [2.75, 3.05) is 0 Å². The lowest BCUT2D eigenvalue weighted by Crippen LogP contribution is -2.11. The Morgan fingerprint density at radius 1 is 1.30 bits per heavy atom. The fourth-order valence-electron chi connectivity index (χ4n) is 2.77. The molecule has 3 heteroatoms. The number of hydrogen-bond acceptors (Lipinski definition) is 2. The molecular weight excluding hydrogens is 248 g/mol. The summed E-state index contributed by atoms with van der Waals surface area (Å²) < 4.78 is 1.78. The highest BCUT2D eigenvalue weighted by Gasteiger charge is 2.20. The average molecular weight is 268 g/mol. The third-order valence-corrected chi connectivity index (χ3v) is 4.18. The van der Waals surface area contributed by atoms with Gasteiger partial charge in [-0.25, -0.2) is 0 Å². The van der Waals surface area contributed by atoms with Gasteiger partial charge in [0.05, 0.1) is 5.69 Å². The van der Waals surface area contributed by atoms with Gasteiger partial charge in [-0.2, -0.15) is 5.10 Å². The fraction of sp³-hybridized carbons (Fsp3) is 0.412. The molecular formula is C17H20N2O. The van der Waals surface area contributed by atoms with Gasteiger partial charge >= 0.3 is 0 Å². The van der Waals surface area contributed by atoms with Gasteiger partial charge in [-0.05, 0) is 44.2 Å². The van der Waals surface area contributed by atoms with Crippen LogP contribution in [0.4, 0.5) is 0 Å². The monoisotopic (exact) mass is 268 g/mol. The van der Waals surface area contributed by atoms with E-state index >= 15 is 0 Å². The van der Waals surface area contributed by atoms with Crippen LogP contribution in [0.25, 0.3) is 0 Å². The first-order valence-electron chi connectivity index (χ1n) is 7.38. The zero-order valence-corrected chi connectivity index (χ0v) is 12.1. The van der Waals surface area contributed by atoms with E-state index in [9.17, 15) is 4.79 Å². The highest BCUT2D eigenvalue weighted by Crippen LogP contribution is 2.36. The Morgan fingerprint density at radius 3 is 2.55 bits per heavy atom. The molecule has 1 aliphatic rings. The maximum atomic E-state index is 12.5. The van der Waals surface area contributed by atoms with Crippen molar-refractivity contribution in [3.05, 3.63) is 52.8 Å². The van der Waals surface area contributed by atoms with Crippen molar-refractivity contribution in [1.29, 1.82) is 0 Å². The molecule has 0 amide bonds. The number of benzene rings is 1. The molecule has 0 spiro atoms. The molecule has 0 N–H and O–H groups in total. The van der Waals surface area contributed by atoms with E-state index in [2.05, 4.69) is 17.2 Å². The molecule has 1 fully saturated rings. The zero-order valence-electron chi connectivity index (χ0n) is 12.1. The number of aryl methyl sites for hydroxylation is 2. The molecule has 0 saturated heterocycles. The first kappa shape index (κ1) is 13.1. The Labute approximate surface area is 119 Å². The van der Waals surface area contributed by atoms with E-state index in [1.807, 2.05) is 32.0 Å². The van der Waals surface area contributed by atoms with Crippen molar-refractivity contribution in [3.8, 4) is 0 Å². The van der Waals surface area contributed by atoms with Crippen LogP contribution in [0.2, 0.25) is 0 Å². The minimum Gasteiger partial charge on any atom is -0.287 e. The predicted molar refractivity (Wildman–Crippen MR) is 79.1 cm³/mol. The van der Waals surface area contributed by atoms with Crippen LogP contribution in [0.15, 0.2) is 30.3 Å². The van der Waals surface area contributed by atoms with Crippen molar-refractivity contribution in [3.63, 3.8) is 0 Å². The van der Waals surface area contributed by atoms with Crippen LogP contribution in [0.5, 0.6) is 0 Å². The Bertz CT molecular complexity index is 621. The number of hydrogen-bond donors (Lipinski definition) is 0. The summed E-state index contributed by atoms with van der Waals surface area (Å²) in [6.45, 7) is 4.64. The molecule has 1 aliphatic carbocycles. The second kappa shape index (κ2) is 5.23. The molecule has 20 heavy (non-hydrogen) atoms. The second-order valence-electron chi connectivity index (χ2n) is 5.57. The van der Waals surface area contributed by atoms with Crippen molar-refractivity contribution in [2.45, 2.75) is 45.6 Å². The normalized spacial score (nSPS) is 15.1. The SMILES string of the molecule is CCn1nc(C)cc1C(=O)c1ccc(C2CCC2)cc1. The van der Waals surface area contributed by atoms with E-state index in [0.29, 0.717) is 11.6 Å². The third kappa shape index (κ3) is 2.28. The summed E-state index contributed by atoms with van der Waals surface area (Å²) in [6.07, 6.45) is 3.91. The van der Waals surface area contributed by atoms with Crippen LogP contribution in [-0.2, 0) is 6.54 Å². The third-order valence-electron chi connectivity index (χ3n) is 4.18. The molecule has 1 saturated carbocycles. The number of carbonyl (C=O) groups excluding carboxylic acids is 1. The first-order valence-corrected chi connectivity index (χ1v) is 7.38. The van der Waals surface area contributed by atoms with Gasteiger partial charge in [-0.1, -0.05) is 30.7 Å². The maximum Gasteiger partial charge on any atom is 0.211 e. The molecule has 1 aromatic heterocycles. The van der Waals surface area contributed by atoms with E-state index < -0.39 is 0 Å². The summed E-state index contributed by atoms with van der Waals surface area (Å²) in [5.74, 6) is 0.773. The maximum absolute atomic E-state index is 12.5. The van der Waals surface area contributed by atoms with Crippen molar-refractivity contribution in [2.24, 2.45) is 0 Å². The molecule has 3 nitrogen and oxygen atoms in total. The predicted octanol–water partition coefficient (Wildman–Crippen LogP) is 3.71. The first-order chi connectivity index (χ1) is 9.69. The van der Waals surface area contributed by atoms with Crippen molar-refractivity contribution in [1.82, 2.24) is 9.78 Å². The van der Waals surface area contributed by atoms with E-state index in [4.69, 9.17) is 0 Å². The quantitative estimate of drug-likeness (QED) is 0.792. The minimum absolute atomic E-state index is 0.0626. The number of rotatable bonds is 4. The molecule has 104 valence electrons. The summed E-state index contributed by atoms with van der Waals surface area (Å²) in [6, 6.07) is 10.00. The topological polar surface area (TPSA) is 34.9 Å². The van der Waals surface area contributed by atoms with Crippen LogP contribution in [0, 0.1) is 6.92 Å². The van der Waals surface area contributed by atoms with Gasteiger partial charge in [-0.3, -0.25) is 9.48 Å². The van der Waals surface area contributed by atoms with Gasteiger partial charge in [0.2, 0.25) is 5.78 Å². The highest BCUT2D eigenvalue weighted by atomic mass is 16.1. The standard InChI is InChI=1S/C17H20N2O/c1-3-19-16(11-12(2)18-19)17(20)15-9-7-14(8-10-15)13-5-4-6-13/h7-11,13H,3-6H2,1-2H3. The fourth-order valence-corrected chi connectivity index (χ4v) is 2.77. The summed E-state index contributed by atoms with van der Waals surface area (Å²) >= 11 is 0. The molecule has 0 aliphatic heterocycles. The molecule has 0 bridgehead atoms. The lowest BCUT2D eigenvalue weighted by atomic mass is 9.80. The Hall–Kier alpha value is -1.90. The van der Waals surface area contributed by atoms with Crippen molar-refractivity contribution >= 4 is 5.78 Å². The Morgan fingerprint density at radius 2 is 2.00 bits per heavy atom. The molecule has 0 unspecified atom stereocenters. The van der Waals surface area contributed by atoms with Gasteiger partial charge in [-0.15, -0.1) is 0 Å². The largest absolute Gasteiger partial charge is 0.287 e. The van der Waals surface area contributed by atoms with Crippen LogP contribution in [0.3, 0.4) is 0 Å². The minimum atomic E-state index is 0.0626. The molecule has 3 rings (SSSR count). The molecule has 0 radical (unpaired) electrons. The van der Waals surface area contributed by atoms with E-state index in [-0.39, 0.29) is 5.78 Å². The average Bonchev–Trinajstić information content (AvgIpc) is 2.78. The Kier molecular flexibility index (Phi) is 3.43. The van der Waals surface area contributed by atoms with Gasteiger partial charge < -0.3 is 0 Å². The van der Waals surface area contributed by atoms with Gasteiger partial charge in [0.25, 0.3) is 0 Å². The van der Waals surface area contributed by atoms with E-state index in [1.54, 1.807) is 4.68 Å². The van der Waals surface area contributed by atoms with Crippen LogP contribution in [0.1, 0.15) is 59.4 Å². The lowest BCUT2D eigenvalue weighted by Gasteiger charge is -2.25. The highest BCUT2D eigenvalue weighted by molar-refractivity contribution is 6.07. The summed E-state index contributed by atoms with van der Waals surface area (Å²) in [5, 5.41) is 4.34. The molecule has 0 atom stereocenters.